The zero-order valence-corrected chi connectivity index (χ0v) is 20.7. The highest BCUT2D eigenvalue weighted by molar-refractivity contribution is 6.23. The second kappa shape index (κ2) is 6.81. The number of aliphatic hydroxyl groups is 3. The minimum Gasteiger partial charge on any atom is -0.508 e. The van der Waals surface area contributed by atoms with Gasteiger partial charge in [0, 0.05) is 28.4 Å². The lowest BCUT2D eigenvalue weighted by Gasteiger charge is -2.56. The van der Waals surface area contributed by atoms with Gasteiger partial charge >= 0.3 is 0 Å². The van der Waals surface area contributed by atoms with E-state index in [-0.39, 0.29) is 29.7 Å². The number of aromatic hydroxyl groups is 1. The summed E-state index contributed by atoms with van der Waals surface area (Å²) in [5.41, 5.74) is -3.72. The number of Topliss-reactive ketones (excluding diaryl/α,β-unsaturated/α-hetero) is 3. The van der Waals surface area contributed by atoms with E-state index in [1.807, 2.05) is 33.8 Å². The molecule has 0 bridgehead atoms. The van der Waals surface area contributed by atoms with Crippen LogP contribution in [0, 0.1) is 17.8 Å². The zero-order chi connectivity index (χ0) is 25.8. The van der Waals surface area contributed by atoms with Gasteiger partial charge in [-0.15, -0.1) is 0 Å². The number of aryl methyl sites for hydroxylation is 1. The fourth-order valence-corrected chi connectivity index (χ4v) is 6.47. The molecule has 0 spiro atoms. The van der Waals surface area contributed by atoms with Gasteiger partial charge in [0.05, 0.1) is 5.56 Å². The Labute approximate surface area is 198 Å². The summed E-state index contributed by atoms with van der Waals surface area (Å²) in [6.45, 7) is 12.1. The minimum absolute atomic E-state index is 0.100. The summed E-state index contributed by atoms with van der Waals surface area (Å²) in [6, 6.07) is 1.89. The Morgan fingerprint density at radius 2 is 1.65 bits per heavy atom. The van der Waals surface area contributed by atoms with E-state index in [4.69, 9.17) is 0 Å². The molecular weight excluding hydrogens is 436 g/mol. The fraction of sp³-hybridized carbons (Fsp3) is 0.519. The number of phenolic OH excluding ortho intramolecular Hbond substituents is 1. The van der Waals surface area contributed by atoms with Crippen LogP contribution in [0.3, 0.4) is 0 Å². The maximum atomic E-state index is 13.9. The summed E-state index contributed by atoms with van der Waals surface area (Å²) in [5.74, 6) is -3.84. The van der Waals surface area contributed by atoms with Crippen LogP contribution in [0.2, 0.25) is 0 Å². The van der Waals surface area contributed by atoms with Crippen molar-refractivity contribution >= 4 is 23.1 Å². The van der Waals surface area contributed by atoms with Crippen molar-refractivity contribution in [1.29, 1.82) is 0 Å². The second-order valence-electron chi connectivity index (χ2n) is 11.8. The average Bonchev–Trinajstić information content (AvgIpc) is 2.65. The third-order valence-corrected chi connectivity index (χ3v) is 8.05. The SMILES string of the molecule is CC(=O)C1=C(O)[C@@]2(O)C(=O)C3=C(O)c4c(O)c(C(C)(C)C)cc(C)c4C[C@@]3(C)C[C@@]2(C)CC1=O. The summed E-state index contributed by atoms with van der Waals surface area (Å²) in [4.78, 5) is 38.8. The fourth-order valence-electron chi connectivity index (χ4n) is 6.47. The summed E-state index contributed by atoms with van der Waals surface area (Å²) in [7, 11) is 0. The molecule has 0 amide bonds. The number of allylic oxidation sites excluding steroid dienone is 1. The van der Waals surface area contributed by atoms with E-state index >= 15 is 0 Å². The van der Waals surface area contributed by atoms with Crippen LogP contribution < -0.4 is 0 Å². The van der Waals surface area contributed by atoms with Crippen LogP contribution >= 0.6 is 0 Å². The minimum atomic E-state index is -2.55. The van der Waals surface area contributed by atoms with Gasteiger partial charge in [-0.3, -0.25) is 14.4 Å². The highest BCUT2D eigenvalue weighted by Gasteiger charge is 2.68. The Morgan fingerprint density at radius 3 is 2.18 bits per heavy atom. The van der Waals surface area contributed by atoms with Gasteiger partial charge in [0.25, 0.3) is 0 Å². The molecule has 4 rings (SSSR count). The topological polar surface area (TPSA) is 132 Å². The van der Waals surface area contributed by atoms with Gasteiger partial charge < -0.3 is 20.4 Å². The molecule has 4 N–H and O–H groups in total. The number of phenols is 1. The lowest BCUT2D eigenvalue weighted by molar-refractivity contribution is -0.164. The van der Waals surface area contributed by atoms with Crippen molar-refractivity contribution in [2.45, 2.75) is 78.7 Å². The van der Waals surface area contributed by atoms with Crippen molar-refractivity contribution in [2.24, 2.45) is 10.8 Å². The zero-order valence-electron chi connectivity index (χ0n) is 20.7. The number of ketones is 3. The van der Waals surface area contributed by atoms with E-state index in [0.717, 1.165) is 12.5 Å². The molecule has 3 atom stereocenters. The van der Waals surface area contributed by atoms with E-state index in [1.165, 1.54) is 0 Å². The molecule has 1 aromatic carbocycles. The third kappa shape index (κ3) is 2.82. The largest absolute Gasteiger partial charge is 0.508 e. The maximum Gasteiger partial charge on any atom is 0.203 e. The molecule has 7 heteroatoms. The molecular formula is C27H32O7. The first-order chi connectivity index (χ1) is 15.4. The third-order valence-electron chi connectivity index (χ3n) is 8.05. The first-order valence-corrected chi connectivity index (χ1v) is 11.5. The molecule has 3 aliphatic carbocycles. The van der Waals surface area contributed by atoms with E-state index < -0.39 is 56.3 Å². The van der Waals surface area contributed by atoms with Crippen LogP contribution in [0.1, 0.15) is 76.6 Å². The lowest BCUT2D eigenvalue weighted by Crippen LogP contribution is -2.65. The maximum absolute atomic E-state index is 13.9. The molecule has 0 unspecified atom stereocenters. The van der Waals surface area contributed by atoms with E-state index in [9.17, 15) is 34.8 Å². The Balaban J connectivity index is 2.06. The van der Waals surface area contributed by atoms with Gasteiger partial charge in [-0.1, -0.05) is 40.7 Å². The molecule has 0 aliphatic heterocycles. The van der Waals surface area contributed by atoms with E-state index in [1.54, 1.807) is 13.8 Å². The molecule has 34 heavy (non-hydrogen) atoms. The van der Waals surface area contributed by atoms with Crippen LogP contribution in [-0.4, -0.2) is 43.4 Å². The number of carbonyl (C=O) groups is 3. The predicted molar refractivity (Wildman–Crippen MR) is 126 cm³/mol. The number of benzene rings is 1. The van der Waals surface area contributed by atoms with Crippen LogP contribution in [0.4, 0.5) is 0 Å². The Bertz CT molecular complexity index is 1260. The molecule has 182 valence electrons. The van der Waals surface area contributed by atoms with Crippen molar-refractivity contribution in [2.75, 3.05) is 0 Å². The van der Waals surface area contributed by atoms with Gasteiger partial charge in [0.15, 0.2) is 17.2 Å². The average molecular weight is 469 g/mol. The number of carbonyl (C=O) groups excluding carboxylic acids is 3. The molecule has 1 aromatic rings. The number of rotatable bonds is 1. The van der Waals surface area contributed by atoms with Crippen LogP contribution in [0.5, 0.6) is 5.75 Å². The van der Waals surface area contributed by atoms with Crippen molar-refractivity contribution in [1.82, 2.24) is 0 Å². The standard InChI is InChI=1S/C27H32O7/c1-12-8-15(24(3,4)5)20(30)18-14(12)9-25(6)11-26(7)10-16(29)17(13(2)28)22(32)27(26,34)23(33)19(25)21(18)31/h8,30-32,34H,9-11H2,1-7H3/t25-,26+,27+/m0/s1. The first kappa shape index (κ1) is 24.2. The summed E-state index contributed by atoms with van der Waals surface area (Å²) in [6.07, 6.45) is 0.0996. The summed E-state index contributed by atoms with van der Waals surface area (Å²) >= 11 is 0. The molecule has 1 fully saturated rings. The molecule has 1 saturated carbocycles. The monoisotopic (exact) mass is 468 g/mol. The smallest absolute Gasteiger partial charge is 0.203 e. The first-order valence-electron chi connectivity index (χ1n) is 11.5. The molecule has 3 aliphatic rings. The van der Waals surface area contributed by atoms with Crippen molar-refractivity contribution < 1.29 is 34.8 Å². The van der Waals surface area contributed by atoms with Crippen LogP contribution in [0.15, 0.2) is 23.0 Å². The molecule has 0 heterocycles. The molecule has 0 aromatic heterocycles. The van der Waals surface area contributed by atoms with Gasteiger partial charge in [-0.25, -0.2) is 0 Å². The van der Waals surface area contributed by atoms with Crippen molar-refractivity contribution in [3.63, 3.8) is 0 Å². The molecule has 7 nitrogen and oxygen atoms in total. The van der Waals surface area contributed by atoms with E-state index in [2.05, 4.69) is 0 Å². The Morgan fingerprint density at radius 1 is 1.06 bits per heavy atom. The molecule has 0 radical (unpaired) electrons. The van der Waals surface area contributed by atoms with Gasteiger partial charge in [-0.05, 0) is 43.2 Å². The lowest BCUT2D eigenvalue weighted by atomic mass is 9.47. The summed E-state index contributed by atoms with van der Waals surface area (Å²) in [5, 5.41) is 45.2. The normalized spacial score (nSPS) is 31.3. The number of aliphatic hydroxyl groups excluding tert-OH is 2. The highest BCUT2D eigenvalue weighted by atomic mass is 16.3. The van der Waals surface area contributed by atoms with Crippen LogP contribution in [-0.2, 0) is 26.2 Å². The summed E-state index contributed by atoms with van der Waals surface area (Å²) < 4.78 is 0. The van der Waals surface area contributed by atoms with E-state index in [0.29, 0.717) is 17.5 Å². The number of hydrogen-bond donors (Lipinski definition) is 4. The van der Waals surface area contributed by atoms with Crippen LogP contribution in [0.25, 0.3) is 5.76 Å². The Hall–Kier alpha value is -2.93. The van der Waals surface area contributed by atoms with Crippen molar-refractivity contribution in [3.8, 4) is 5.75 Å². The van der Waals surface area contributed by atoms with Crippen molar-refractivity contribution in [3.05, 3.63) is 45.2 Å². The quantitative estimate of drug-likeness (QED) is 0.459. The van der Waals surface area contributed by atoms with Gasteiger partial charge in [-0.2, -0.15) is 0 Å². The van der Waals surface area contributed by atoms with Gasteiger partial charge in [0.2, 0.25) is 5.78 Å². The number of hydrogen-bond acceptors (Lipinski definition) is 7. The number of fused-ring (bicyclic) bond motifs is 3. The second-order valence-corrected chi connectivity index (χ2v) is 11.8. The van der Waals surface area contributed by atoms with Gasteiger partial charge in [0.1, 0.15) is 22.8 Å². The highest BCUT2D eigenvalue weighted by Crippen LogP contribution is 2.62. The molecule has 0 saturated heterocycles. The Kier molecular flexibility index (Phi) is 4.85. The predicted octanol–water partition coefficient (Wildman–Crippen LogP) is 3.91.